The SMILES string of the molecule is COC(=O)C1CC2CN(CC(=O)N3CCc4c(C(F)(F)F)nn(Cc5ccc(Cl)cc5F)c4C3)CC2C1.O=C(O)C(F)(F)F. The van der Waals surface area contributed by atoms with Gasteiger partial charge in [-0.2, -0.15) is 31.4 Å². The van der Waals surface area contributed by atoms with Gasteiger partial charge in [-0.3, -0.25) is 19.2 Å². The van der Waals surface area contributed by atoms with Crippen molar-refractivity contribution in [1.82, 2.24) is 19.6 Å². The molecular formula is C27H28ClF7N4O5. The number of halogens is 8. The molecule has 17 heteroatoms. The van der Waals surface area contributed by atoms with E-state index in [1.54, 1.807) is 4.90 Å². The van der Waals surface area contributed by atoms with Crippen molar-refractivity contribution in [3.63, 3.8) is 0 Å². The Hall–Kier alpha value is -3.40. The van der Waals surface area contributed by atoms with E-state index in [1.165, 1.54) is 19.2 Å². The smallest absolute Gasteiger partial charge is 0.475 e. The number of ether oxygens (including phenoxy) is 1. The van der Waals surface area contributed by atoms with Crippen LogP contribution in [0, 0.1) is 23.6 Å². The largest absolute Gasteiger partial charge is 0.490 e. The first kappa shape index (κ1) is 33.5. The molecule has 1 saturated heterocycles. The van der Waals surface area contributed by atoms with E-state index in [1.807, 2.05) is 0 Å². The van der Waals surface area contributed by atoms with Gasteiger partial charge in [-0.25, -0.2) is 9.18 Å². The Balaban J connectivity index is 0.000000566. The van der Waals surface area contributed by atoms with Gasteiger partial charge in [0.15, 0.2) is 5.69 Å². The Bertz CT molecular complexity index is 1400. The zero-order valence-corrected chi connectivity index (χ0v) is 24.0. The lowest BCUT2D eigenvalue weighted by atomic mass is 10.0. The summed E-state index contributed by atoms with van der Waals surface area (Å²) in [5.74, 6) is -3.18. The highest BCUT2D eigenvalue weighted by molar-refractivity contribution is 6.30. The maximum Gasteiger partial charge on any atom is 0.490 e. The fourth-order valence-corrected chi connectivity index (χ4v) is 6.20. The second-order valence-electron chi connectivity index (χ2n) is 10.9. The topological polar surface area (TPSA) is 105 Å². The summed E-state index contributed by atoms with van der Waals surface area (Å²) in [6, 6.07) is 3.99. The summed E-state index contributed by atoms with van der Waals surface area (Å²) in [5, 5.41) is 11.1. The van der Waals surface area contributed by atoms with Gasteiger partial charge in [0.1, 0.15) is 5.82 Å². The molecule has 2 aromatic rings. The Kier molecular flexibility index (Phi) is 9.83. The molecule has 2 unspecified atom stereocenters. The average Bonchev–Trinajstić information content (AvgIpc) is 3.61. The number of alkyl halides is 6. The number of esters is 1. The van der Waals surface area contributed by atoms with Crippen molar-refractivity contribution in [2.24, 2.45) is 17.8 Å². The van der Waals surface area contributed by atoms with E-state index in [0.717, 1.165) is 23.6 Å². The molecule has 1 aromatic heterocycles. The van der Waals surface area contributed by atoms with Crippen molar-refractivity contribution >= 4 is 29.4 Å². The minimum Gasteiger partial charge on any atom is -0.475 e. The molecule has 2 fully saturated rings. The van der Waals surface area contributed by atoms with Gasteiger partial charge in [-0.15, -0.1) is 0 Å². The third-order valence-corrected chi connectivity index (χ3v) is 8.29. The zero-order chi connectivity index (χ0) is 32.6. The van der Waals surface area contributed by atoms with Crippen LogP contribution < -0.4 is 0 Å². The van der Waals surface area contributed by atoms with Gasteiger partial charge in [0.05, 0.1) is 38.4 Å². The molecule has 2 atom stereocenters. The van der Waals surface area contributed by atoms with Gasteiger partial charge in [-0.05, 0) is 43.2 Å². The Morgan fingerprint density at radius 3 is 2.23 bits per heavy atom. The van der Waals surface area contributed by atoms with Gasteiger partial charge in [-0.1, -0.05) is 17.7 Å². The lowest BCUT2D eigenvalue weighted by Gasteiger charge is -2.30. The number of carboxylic acid groups (broad SMARTS) is 1. The second kappa shape index (κ2) is 12.9. The second-order valence-corrected chi connectivity index (χ2v) is 11.4. The van der Waals surface area contributed by atoms with Crippen molar-refractivity contribution in [3.05, 3.63) is 51.6 Å². The number of fused-ring (bicyclic) bond motifs is 2. The Morgan fingerprint density at radius 1 is 1.09 bits per heavy atom. The molecule has 1 aromatic carbocycles. The summed E-state index contributed by atoms with van der Waals surface area (Å²) in [7, 11) is 1.39. The number of amides is 1. The minimum atomic E-state index is -5.08. The van der Waals surface area contributed by atoms with E-state index in [4.69, 9.17) is 26.2 Å². The first-order chi connectivity index (χ1) is 20.5. The molecule has 0 spiro atoms. The summed E-state index contributed by atoms with van der Waals surface area (Å²) in [4.78, 5) is 37.5. The molecule has 1 saturated carbocycles. The number of methoxy groups -OCH3 is 1. The van der Waals surface area contributed by atoms with Gasteiger partial charge < -0.3 is 14.7 Å². The number of aromatic nitrogens is 2. The van der Waals surface area contributed by atoms with Crippen LogP contribution in [0.4, 0.5) is 30.7 Å². The predicted octanol–water partition coefficient (Wildman–Crippen LogP) is 4.39. The normalized spacial score (nSPS) is 21.8. The fourth-order valence-electron chi connectivity index (χ4n) is 6.04. The van der Waals surface area contributed by atoms with Gasteiger partial charge >= 0.3 is 24.3 Å². The van der Waals surface area contributed by atoms with Crippen LogP contribution in [0.3, 0.4) is 0 Å². The molecule has 1 aliphatic carbocycles. The van der Waals surface area contributed by atoms with Crippen molar-refractivity contribution < 1.29 is 55.0 Å². The lowest BCUT2D eigenvalue weighted by molar-refractivity contribution is -0.192. The van der Waals surface area contributed by atoms with Gasteiger partial charge in [0.25, 0.3) is 0 Å². The van der Waals surface area contributed by atoms with Gasteiger partial charge in [0.2, 0.25) is 5.91 Å². The first-order valence-electron chi connectivity index (χ1n) is 13.5. The third-order valence-electron chi connectivity index (χ3n) is 8.06. The number of carbonyl (C=O) groups is 3. The molecule has 44 heavy (non-hydrogen) atoms. The number of hydrogen-bond donors (Lipinski definition) is 1. The lowest BCUT2D eigenvalue weighted by Crippen LogP contribution is -2.43. The molecular weight excluding hydrogens is 629 g/mol. The maximum atomic E-state index is 14.4. The number of carboxylic acids is 1. The van der Waals surface area contributed by atoms with Crippen LogP contribution in [-0.2, 0) is 44.8 Å². The number of benzene rings is 1. The molecule has 242 valence electrons. The van der Waals surface area contributed by atoms with Crippen molar-refractivity contribution in [3.8, 4) is 0 Å². The fraction of sp³-hybridized carbons (Fsp3) is 0.556. The molecule has 1 amide bonds. The van der Waals surface area contributed by atoms with Crippen molar-refractivity contribution in [2.45, 2.75) is 44.7 Å². The number of hydrogen-bond acceptors (Lipinski definition) is 6. The molecule has 9 nitrogen and oxygen atoms in total. The van der Waals surface area contributed by atoms with Crippen LogP contribution in [0.15, 0.2) is 18.2 Å². The van der Waals surface area contributed by atoms with Crippen LogP contribution >= 0.6 is 11.6 Å². The maximum absolute atomic E-state index is 14.4. The summed E-state index contributed by atoms with van der Waals surface area (Å²) in [6.45, 7) is 1.49. The summed E-state index contributed by atoms with van der Waals surface area (Å²) < 4.78 is 93.3. The van der Waals surface area contributed by atoms with Crippen LogP contribution in [0.5, 0.6) is 0 Å². The highest BCUT2D eigenvalue weighted by Gasteiger charge is 2.45. The highest BCUT2D eigenvalue weighted by Crippen LogP contribution is 2.42. The van der Waals surface area contributed by atoms with E-state index in [0.29, 0.717) is 24.9 Å². The molecule has 1 N–H and O–H groups in total. The van der Waals surface area contributed by atoms with E-state index >= 15 is 0 Å². The van der Waals surface area contributed by atoms with Gasteiger partial charge in [0, 0.05) is 35.8 Å². The predicted molar refractivity (Wildman–Crippen MR) is 139 cm³/mol. The number of aliphatic carboxylic acids is 1. The van der Waals surface area contributed by atoms with E-state index in [-0.39, 0.29) is 72.2 Å². The monoisotopic (exact) mass is 656 g/mol. The Labute approximate surface area is 251 Å². The van der Waals surface area contributed by atoms with Crippen molar-refractivity contribution in [2.75, 3.05) is 33.3 Å². The van der Waals surface area contributed by atoms with E-state index < -0.39 is 29.8 Å². The molecule has 3 heterocycles. The average molecular weight is 657 g/mol. The number of carbonyl (C=O) groups excluding carboxylic acids is 2. The number of nitrogens with zero attached hydrogens (tertiary/aromatic N) is 4. The molecule has 0 radical (unpaired) electrons. The summed E-state index contributed by atoms with van der Waals surface area (Å²) >= 11 is 5.80. The summed E-state index contributed by atoms with van der Waals surface area (Å²) in [6.07, 6.45) is -8.23. The molecule has 0 bridgehead atoms. The quantitative estimate of drug-likeness (QED) is 0.376. The Morgan fingerprint density at radius 2 is 1.70 bits per heavy atom. The minimum absolute atomic E-state index is 0.0189. The number of likely N-dealkylation sites (tertiary alicyclic amines) is 1. The zero-order valence-electron chi connectivity index (χ0n) is 23.2. The van der Waals surface area contributed by atoms with Crippen LogP contribution in [0.1, 0.15) is 35.4 Å². The third kappa shape index (κ3) is 7.62. The van der Waals surface area contributed by atoms with Crippen LogP contribution in [0.25, 0.3) is 0 Å². The number of rotatable bonds is 5. The molecule has 5 rings (SSSR count). The van der Waals surface area contributed by atoms with Crippen LogP contribution in [-0.4, -0.2) is 82.0 Å². The first-order valence-corrected chi connectivity index (χ1v) is 13.8. The summed E-state index contributed by atoms with van der Waals surface area (Å²) in [5.41, 5.74) is -0.520. The van der Waals surface area contributed by atoms with E-state index in [9.17, 15) is 40.3 Å². The standard InChI is InChI=1S/C25H27ClF4N4O3.C2HF3O2/c1-37-24(36)15-6-16-9-32(10-17(16)7-15)13-22(35)33-5-4-19-21(12-33)34(31-23(19)25(28,29)30)11-14-2-3-18(26)8-20(14)27;3-2(4,5)1(6)7/h2-3,8,15-17H,4-7,9-13H2,1H3;(H,6,7). The molecule has 3 aliphatic rings. The molecule has 2 aliphatic heterocycles. The van der Waals surface area contributed by atoms with E-state index in [2.05, 4.69) is 10.00 Å². The van der Waals surface area contributed by atoms with Crippen LogP contribution in [0.2, 0.25) is 5.02 Å². The highest BCUT2D eigenvalue weighted by atomic mass is 35.5. The van der Waals surface area contributed by atoms with Crippen molar-refractivity contribution in [1.29, 1.82) is 0 Å².